The normalized spacial score (nSPS) is 35.9. The minimum Gasteiger partial charge on any atom is -0.388 e. The summed E-state index contributed by atoms with van der Waals surface area (Å²) in [6, 6.07) is -1.27. The Hall–Kier alpha value is -0.820. The third-order valence-corrected chi connectivity index (χ3v) is 2.91. The highest BCUT2D eigenvalue weighted by molar-refractivity contribution is 7.80. The maximum absolute atomic E-state index is 10.8. The first-order valence-corrected chi connectivity index (χ1v) is 6.57. The fraction of sp³-hybridized carbons (Fsp3) is 0.875. The van der Waals surface area contributed by atoms with E-state index in [2.05, 4.69) is 9.50 Å². The van der Waals surface area contributed by atoms with Crippen molar-refractivity contribution < 1.29 is 42.0 Å². The SMILES string of the molecule is CC(=O)N[C@@H]1[C@@H](O)[C@@H](O)[C@@H](COS(=O)(=O)O)O[C@H]1O. The van der Waals surface area contributed by atoms with E-state index in [-0.39, 0.29) is 0 Å². The molecule has 1 aliphatic rings. The van der Waals surface area contributed by atoms with Gasteiger partial charge in [0.05, 0.1) is 6.61 Å². The number of rotatable bonds is 4. The van der Waals surface area contributed by atoms with Gasteiger partial charge in [-0.2, -0.15) is 8.42 Å². The fourth-order valence-electron chi connectivity index (χ4n) is 1.63. The second-order valence-corrected chi connectivity index (χ2v) is 5.08. The van der Waals surface area contributed by atoms with Crippen molar-refractivity contribution in [2.45, 2.75) is 37.6 Å². The molecule has 0 bridgehead atoms. The van der Waals surface area contributed by atoms with Gasteiger partial charge in [-0.25, -0.2) is 4.18 Å². The molecule has 112 valence electrons. The molecule has 0 aromatic rings. The Bertz CT molecular complexity index is 424. The van der Waals surface area contributed by atoms with Crippen LogP contribution in [0.2, 0.25) is 0 Å². The lowest BCUT2D eigenvalue weighted by Crippen LogP contribution is -2.64. The predicted molar refractivity (Wildman–Crippen MR) is 58.0 cm³/mol. The number of ether oxygens (including phenoxy) is 1. The zero-order valence-corrected chi connectivity index (χ0v) is 10.6. The highest BCUT2D eigenvalue weighted by atomic mass is 32.3. The van der Waals surface area contributed by atoms with Gasteiger partial charge in [0, 0.05) is 6.92 Å². The Kier molecular flexibility index (Phi) is 5.20. The molecule has 0 saturated carbocycles. The smallest absolute Gasteiger partial charge is 0.388 e. The van der Waals surface area contributed by atoms with Crippen LogP contribution in [0, 0.1) is 0 Å². The summed E-state index contributed by atoms with van der Waals surface area (Å²) in [6.45, 7) is 0.334. The van der Waals surface area contributed by atoms with Crippen molar-refractivity contribution in [3.8, 4) is 0 Å². The second-order valence-electron chi connectivity index (χ2n) is 3.98. The maximum atomic E-state index is 10.8. The van der Waals surface area contributed by atoms with Gasteiger partial charge in [0.15, 0.2) is 6.29 Å². The van der Waals surface area contributed by atoms with Crippen LogP contribution >= 0.6 is 0 Å². The largest absolute Gasteiger partial charge is 0.397 e. The summed E-state index contributed by atoms with van der Waals surface area (Å²) >= 11 is 0. The fourth-order valence-corrected chi connectivity index (χ4v) is 1.93. The number of amides is 1. The summed E-state index contributed by atoms with van der Waals surface area (Å²) in [5.74, 6) is -0.563. The topological polar surface area (TPSA) is 163 Å². The van der Waals surface area contributed by atoms with E-state index >= 15 is 0 Å². The lowest BCUT2D eigenvalue weighted by Gasteiger charge is -2.40. The van der Waals surface area contributed by atoms with Gasteiger partial charge in [0.2, 0.25) is 5.91 Å². The van der Waals surface area contributed by atoms with E-state index in [1.807, 2.05) is 0 Å². The molecule has 5 atom stereocenters. The lowest BCUT2D eigenvalue weighted by atomic mass is 9.97. The molecule has 1 aliphatic heterocycles. The van der Waals surface area contributed by atoms with Gasteiger partial charge in [-0.15, -0.1) is 0 Å². The third-order valence-electron chi connectivity index (χ3n) is 2.47. The van der Waals surface area contributed by atoms with Gasteiger partial charge in [-0.1, -0.05) is 0 Å². The molecule has 19 heavy (non-hydrogen) atoms. The van der Waals surface area contributed by atoms with E-state index in [0.717, 1.165) is 6.92 Å². The van der Waals surface area contributed by atoms with Crippen molar-refractivity contribution in [3.05, 3.63) is 0 Å². The van der Waals surface area contributed by atoms with E-state index in [4.69, 9.17) is 9.29 Å². The molecule has 5 N–H and O–H groups in total. The molecule has 0 spiro atoms. The zero-order chi connectivity index (χ0) is 14.8. The average molecular weight is 301 g/mol. The number of carbonyl (C=O) groups is 1. The first-order valence-electron chi connectivity index (χ1n) is 5.20. The van der Waals surface area contributed by atoms with Crippen molar-refractivity contribution in [3.63, 3.8) is 0 Å². The van der Waals surface area contributed by atoms with Crippen LogP contribution in [-0.2, 0) is 24.1 Å². The van der Waals surface area contributed by atoms with E-state index < -0.39 is 53.6 Å². The molecule has 0 unspecified atom stereocenters. The number of aliphatic hydroxyl groups is 3. The van der Waals surface area contributed by atoms with Crippen LogP contribution in [0.25, 0.3) is 0 Å². The van der Waals surface area contributed by atoms with Gasteiger partial charge in [0.1, 0.15) is 24.4 Å². The highest BCUT2D eigenvalue weighted by Crippen LogP contribution is 2.20. The summed E-state index contributed by atoms with van der Waals surface area (Å²) in [5, 5.41) is 31.0. The van der Waals surface area contributed by atoms with Crippen LogP contribution in [0.15, 0.2) is 0 Å². The Labute approximate surface area is 108 Å². The monoisotopic (exact) mass is 301 g/mol. The Morgan fingerprint density at radius 1 is 1.32 bits per heavy atom. The maximum Gasteiger partial charge on any atom is 0.397 e. The molecule has 0 aromatic carbocycles. The van der Waals surface area contributed by atoms with Crippen molar-refractivity contribution in [2.24, 2.45) is 0 Å². The van der Waals surface area contributed by atoms with Gasteiger partial charge < -0.3 is 25.4 Å². The number of nitrogens with one attached hydrogen (secondary N) is 1. The van der Waals surface area contributed by atoms with Crippen LogP contribution in [0.3, 0.4) is 0 Å². The van der Waals surface area contributed by atoms with E-state index in [9.17, 15) is 28.5 Å². The van der Waals surface area contributed by atoms with Crippen LogP contribution in [0.4, 0.5) is 0 Å². The molecule has 11 heteroatoms. The van der Waals surface area contributed by atoms with E-state index in [1.165, 1.54) is 0 Å². The van der Waals surface area contributed by atoms with Gasteiger partial charge in [0.25, 0.3) is 0 Å². The van der Waals surface area contributed by atoms with Gasteiger partial charge in [-0.3, -0.25) is 9.35 Å². The molecule has 1 fully saturated rings. The summed E-state index contributed by atoms with van der Waals surface area (Å²) < 4.78 is 37.9. The summed E-state index contributed by atoms with van der Waals surface area (Å²) in [7, 11) is -4.74. The zero-order valence-electron chi connectivity index (χ0n) is 9.83. The Morgan fingerprint density at radius 2 is 1.89 bits per heavy atom. The van der Waals surface area contributed by atoms with Crippen molar-refractivity contribution in [1.82, 2.24) is 5.32 Å². The Morgan fingerprint density at radius 3 is 2.37 bits per heavy atom. The first kappa shape index (κ1) is 16.2. The molecular weight excluding hydrogens is 286 g/mol. The highest BCUT2D eigenvalue weighted by Gasteiger charge is 2.44. The van der Waals surface area contributed by atoms with Gasteiger partial charge in [-0.05, 0) is 0 Å². The molecule has 0 aliphatic carbocycles. The summed E-state index contributed by atoms with van der Waals surface area (Å²) in [5.41, 5.74) is 0. The van der Waals surface area contributed by atoms with Crippen LogP contribution < -0.4 is 5.32 Å². The van der Waals surface area contributed by atoms with E-state index in [1.54, 1.807) is 0 Å². The number of aliphatic hydroxyl groups excluding tert-OH is 3. The second kappa shape index (κ2) is 6.09. The van der Waals surface area contributed by atoms with Gasteiger partial charge >= 0.3 is 10.4 Å². The molecule has 1 rings (SSSR count). The first-order chi connectivity index (χ1) is 8.61. The molecule has 1 heterocycles. The quantitative estimate of drug-likeness (QED) is 0.335. The lowest BCUT2D eigenvalue weighted by molar-refractivity contribution is -0.252. The summed E-state index contributed by atoms with van der Waals surface area (Å²) in [6.07, 6.45) is -6.28. The summed E-state index contributed by atoms with van der Waals surface area (Å²) in [4.78, 5) is 10.8. The molecule has 10 nitrogen and oxygen atoms in total. The molecule has 1 amide bonds. The van der Waals surface area contributed by atoms with E-state index in [0.29, 0.717) is 0 Å². The Balaban J connectivity index is 2.69. The third kappa shape index (κ3) is 4.65. The van der Waals surface area contributed by atoms with Crippen LogP contribution in [0.5, 0.6) is 0 Å². The minimum atomic E-state index is -4.74. The van der Waals surface area contributed by atoms with Crippen molar-refractivity contribution in [2.75, 3.05) is 6.61 Å². The molecular formula is C8H15NO9S. The molecule has 0 radical (unpaired) electrons. The molecule has 1 saturated heterocycles. The standard InChI is InChI=1S/C8H15NO9S/c1-3(10)9-5-7(12)6(11)4(18-8(5)13)2-17-19(14,15)16/h4-8,11-13H,2H2,1H3,(H,9,10)(H,14,15,16)/t4-,5-,6+,7-,8-/m1/s1. The molecule has 0 aromatic heterocycles. The predicted octanol–water partition coefficient (Wildman–Crippen LogP) is -3.25. The number of hydrogen-bond donors (Lipinski definition) is 5. The van der Waals surface area contributed by atoms with Crippen molar-refractivity contribution >= 4 is 16.3 Å². The van der Waals surface area contributed by atoms with Crippen LogP contribution in [-0.4, -0.2) is 71.4 Å². The van der Waals surface area contributed by atoms with Crippen molar-refractivity contribution in [1.29, 1.82) is 0 Å². The number of hydrogen-bond acceptors (Lipinski definition) is 8. The minimum absolute atomic E-state index is 0.563. The van der Waals surface area contributed by atoms with Crippen LogP contribution in [0.1, 0.15) is 6.92 Å². The average Bonchev–Trinajstić information content (AvgIpc) is 2.26. The number of carbonyl (C=O) groups excluding carboxylic acids is 1.